The van der Waals surface area contributed by atoms with Crippen molar-refractivity contribution in [2.75, 3.05) is 11.5 Å². The van der Waals surface area contributed by atoms with E-state index in [9.17, 15) is 4.79 Å². The van der Waals surface area contributed by atoms with E-state index in [2.05, 4.69) is 0 Å². The molecule has 0 fully saturated rings. The quantitative estimate of drug-likeness (QED) is 0.645. The lowest BCUT2D eigenvalue weighted by molar-refractivity contribution is 0.0478. The van der Waals surface area contributed by atoms with Crippen molar-refractivity contribution in [3.63, 3.8) is 0 Å². The summed E-state index contributed by atoms with van der Waals surface area (Å²) in [5.74, 6) is -0.434. The van der Waals surface area contributed by atoms with Crippen LogP contribution in [0.15, 0.2) is 35.7 Å². The van der Waals surface area contributed by atoms with Crippen LogP contribution in [0.5, 0.6) is 0 Å². The molecule has 2 rings (SSSR count). The second-order valence-electron chi connectivity index (χ2n) is 3.50. The van der Waals surface area contributed by atoms with Gasteiger partial charge in [-0.05, 0) is 29.6 Å². The van der Waals surface area contributed by atoms with Gasteiger partial charge in [0, 0.05) is 16.3 Å². The standard InChI is InChI=1S/C12H12N2O2S/c13-8-3-4-10(11(14)6-8)12(15)16-7-9-2-1-5-17-9/h1-6H,7,13-14H2. The number of hydrogen-bond acceptors (Lipinski definition) is 5. The molecule has 17 heavy (non-hydrogen) atoms. The molecule has 0 atom stereocenters. The fraction of sp³-hybridized carbons (Fsp3) is 0.0833. The summed E-state index contributed by atoms with van der Waals surface area (Å²) in [6, 6.07) is 8.55. The first kappa shape index (κ1) is 11.5. The van der Waals surface area contributed by atoms with Gasteiger partial charge in [-0.2, -0.15) is 0 Å². The highest BCUT2D eigenvalue weighted by atomic mass is 32.1. The monoisotopic (exact) mass is 248 g/mol. The third kappa shape index (κ3) is 2.76. The molecule has 0 aliphatic rings. The molecule has 4 nitrogen and oxygen atoms in total. The van der Waals surface area contributed by atoms with Crippen LogP contribution in [0.1, 0.15) is 15.2 Å². The molecular weight excluding hydrogens is 236 g/mol. The molecule has 0 saturated carbocycles. The van der Waals surface area contributed by atoms with Crippen LogP contribution in [-0.4, -0.2) is 5.97 Å². The van der Waals surface area contributed by atoms with E-state index in [4.69, 9.17) is 16.2 Å². The molecule has 0 unspecified atom stereocenters. The minimum Gasteiger partial charge on any atom is -0.456 e. The highest BCUT2D eigenvalue weighted by Gasteiger charge is 2.11. The molecule has 2 aromatic rings. The van der Waals surface area contributed by atoms with E-state index >= 15 is 0 Å². The van der Waals surface area contributed by atoms with Crippen molar-refractivity contribution in [2.45, 2.75) is 6.61 Å². The lowest BCUT2D eigenvalue weighted by atomic mass is 10.1. The van der Waals surface area contributed by atoms with Crippen molar-refractivity contribution in [3.05, 3.63) is 46.2 Å². The SMILES string of the molecule is Nc1ccc(C(=O)OCc2cccs2)c(N)c1. The summed E-state index contributed by atoms with van der Waals surface area (Å²) in [6.07, 6.45) is 0. The Balaban J connectivity index is 2.04. The van der Waals surface area contributed by atoms with Crippen molar-refractivity contribution in [3.8, 4) is 0 Å². The molecule has 4 N–H and O–H groups in total. The molecule has 0 saturated heterocycles. The van der Waals surface area contributed by atoms with Gasteiger partial charge in [-0.3, -0.25) is 0 Å². The number of nitrogen functional groups attached to an aromatic ring is 2. The lowest BCUT2D eigenvalue weighted by Crippen LogP contribution is -2.08. The third-order valence-electron chi connectivity index (χ3n) is 2.22. The first-order valence-corrected chi connectivity index (χ1v) is 5.89. The van der Waals surface area contributed by atoms with Crippen LogP contribution in [0, 0.1) is 0 Å². The molecule has 0 bridgehead atoms. The van der Waals surface area contributed by atoms with E-state index in [0.717, 1.165) is 4.88 Å². The van der Waals surface area contributed by atoms with Crippen molar-refractivity contribution in [2.24, 2.45) is 0 Å². The summed E-state index contributed by atoms with van der Waals surface area (Å²) in [4.78, 5) is 12.7. The van der Waals surface area contributed by atoms with Gasteiger partial charge in [0.05, 0.1) is 5.56 Å². The van der Waals surface area contributed by atoms with Gasteiger partial charge in [0.2, 0.25) is 0 Å². The molecular formula is C12H12N2O2S. The summed E-state index contributed by atoms with van der Waals surface area (Å²) in [6.45, 7) is 0.264. The van der Waals surface area contributed by atoms with Gasteiger partial charge < -0.3 is 16.2 Å². The van der Waals surface area contributed by atoms with Gasteiger partial charge in [0.15, 0.2) is 0 Å². The molecule has 88 valence electrons. The summed E-state index contributed by atoms with van der Waals surface area (Å²) >= 11 is 1.54. The number of esters is 1. The van der Waals surface area contributed by atoms with Crippen LogP contribution in [0.3, 0.4) is 0 Å². The Morgan fingerprint density at radius 1 is 1.29 bits per heavy atom. The Bertz CT molecular complexity index is 523. The van der Waals surface area contributed by atoms with Gasteiger partial charge in [0.1, 0.15) is 6.61 Å². The minimum atomic E-state index is -0.434. The number of benzene rings is 1. The van der Waals surface area contributed by atoms with Gasteiger partial charge in [0.25, 0.3) is 0 Å². The van der Waals surface area contributed by atoms with Crippen LogP contribution in [0.25, 0.3) is 0 Å². The maximum absolute atomic E-state index is 11.7. The van der Waals surface area contributed by atoms with E-state index in [1.807, 2.05) is 17.5 Å². The predicted octanol–water partition coefficient (Wildman–Crippen LogP) is 2.27. The van der Waals surface area contributed by atoms with Crippen LogP contribution in [0.4, 0.5) is 11.4 Å². The Labute approximate surface area is 103 Å². The Kier molecular flexibility index (Phi) is 3.30. The van der Waals surface area contributed by atoms with Crippen LogP contribution < -0.4 is 11.5 Å². The Morgan fingerprint density at radius 2 is 2.12 bits per heavy atom. The molecule has 5 heteroatoms. The number of carbonyl (C=O) groups is 1. The molecule has 0 aliphatic carbocycles. The molecule has 1 heterocycles. The molecule has 1 aromatic carbocycles. The largest absolute Gasteiger partial charge is 0.456 e. The van der Waals surface area contributed by atoms with Crippen LogP contribution >= 0.6 is 11.3 Å². The van der Waals surface area contributed by atoms with Crippen molar-refractivity contribution in [1.29, 1.82) is 0 Å². The van der Waals surface area contributed by atoms with Crippen molar-refractivity contribution in [1.82, 2.24) is 0 Å². The number of hydrogen-bond donors (Lipinski definition) is 2. The number of nitrogens with two attached hydrogens (primary N) is 2. The molecule has 0 radical (unpaired) electrons. The number of ether oxygens (including phenoxy) is 1. The average Bonchev–Trinajstić information content (AvgIpc) is 2.78. The zero-order valence-electron chi connectivity index (χ0n) is 9.05. The van der Waals surface area contributed by atoms with Gasteiger partial charge in [-0.1, -0.05) is 6.07 Å². The fourth-order valence-electron chi connectivity index (χ4n) is 1.38. The Hall–Kier alpha value is -2.01. The van der Waals surface area contributed by atoms with E-state index in [1.165, 1.54) is 11.3 Å². The second-order valence-corrected chi connectivity index (χ2v) is 4.53. The second kappa shape index (κ2) is 4.88. The normalized spacial score (nSPS) is 10.1. The highest BCUT2D eigenvalue weighted by molar-refractivity contribution is 7.09. The van der Waals surface area contributed by atoms with Gasteiger partial charge >= 0.3 is 5.97 Å². The average molecular weight is 248 g/mol. The lowest BCUT2D eigenvalue weighted by Gasteiger charge is -2.06. The summed E-state index contributed by atoms with van der Waals surface area (Å²) in [7, 11) is 0. The fourth-order valence-corrected chi connectivity index (χ4v) is 1.99. The smallest absolute Gasteiger partial charge is 0.340 e. The Morgan fingerprint density at radius 3 is 2.76 bits per heavy atom. The summed E-state index contributed by atoms with van der Waals surface area (Å²) in [5.41, 5.74) is 12.4. The first-order chi connectivity index (χ1) is 8.16. The van der Waals surface area contributed by atoms with Crippen molar-refractivity contribution >= 4 is 28.7 Å². The number of carbonyl (C=O) groups excluding carboxylic acids is 1. The van der Waals surface area contributed by atoms with Crippen molar-refractivity contribution < 1.29 is 9.53 Å². The zero-order valence-corrected chi connectivity index (χ0v) is 9.87. The van der Waals surface area contributed by atoms with E-state index < -0.39 is 5.97 Å². The summed E-state index contributed by atoms with van der Waals surface area (Å²) in [5, 5.41) is 1.93. The number of rotatable bonds is 3. The third-order valence-corrected chi connectivity index (χ3v) is 3.07. The van der Waals surface area contributed by atoms with Crippen LogP contribution in [-0.2, 0) is 11.3 Å². The number of anilines is 2. The highest BCUT2D eigenvalue weighted by Crippen LogP contribution is 2.18. The summed E-state index contributed by atoms with van der Waals surface area (Å²) < 4.78 is 5.14. The van der Waals surface area contributed by atoms with E-state index in [-0.39, 0.29) is 6.61 Å². The molecule has 0 spiro atoms. The zero-order chi connectivity index (χ0) is 12.3. The maximum Gasteiger partial charge on any atom is 0.340 e. The molecule has 0 aliphatic heterocycles. The molecule has 0 amide bonds. The number of thiophene rings is 1. The van der Waals surface area contributed by atoms with Crippen LogP contribution in [0.2, 0.25) is 0 Å². The van der Waals surface area contributed by atoms with Gasteiger partial charge in [-0.15, -0.1) is 11.3 Å². The first-order valence-electron chi connectivity index (χ1n) is 5.01. The topological polar surface area (TPSA) is 78.3 Å². The minimum absolute atomic E-state index is 0.264. The predicted molar refractivity (Wildman–Crippen MR) is 68.7 cm³/mol. The van der Waals surface area contributed by atoms with E-state index in [1.54, 1.807) is 18.2 Å². The molecule has 1 aromatic heterocycles. The van der Waals surface area contributed by atoms with E-state index in [0.29, 0.717) is 16.9 Å². The maximum atomic E-state index is 11.7. The van der Waals surface area contributed by atoms with Gasteiger partial charge in [-0.25, -0.2) is 4.79 Å².